The molecule has 0 aliphatic carbocycles. The van der Waals surface area contributed by atoms with E-state index in [0.29, 0.717) is 10.6 Å². The molecule has 3 aromatic carbocycles. The van der Waals surface area contributed by atoms with Crippen LogP contribution in [0.15, 0.2) is 71.7 Å². The van der Waals surface area contributed by atoms with Gasteiger partial charge in [0.1, 0.15) is 12.4 Å². The average molecular weight is 429 g/mol. The Morgan fingerprint density at radius 1 is 1.03 bits per heavy atom. The van der Waals surface area contributed by atoms with E-state index in [4.69, 9.17) is 22.1 Å². The highest BCUT2D eigenvalue weighted by molar-refractivity contribution is 6.30. The summed E-state index contributed by atoms with van der Waals surface area (Å²) in [6.07, 6.45) is 0. The van der Waals surface area contributed by atoms with Gasteiger partial charge in [-0.2, -0.15) is 8.78 Å². The van der Waals surface area contributed by atoms with Crippen molar-refractivity contribution < 1.29 is 18.3 Å². The van der Waals surface area contributed by atoms with E-state index >= 15 is 0 Å². The zero-order valence-electron chi connectivity index (χ0n) is 16.1. The minimum absolute atomic E-state index is 0.0775. The second-order valence-corrected chi connectivity index (χ2v) is 7.49. The molecule has 2 N–H and O–H groups in total. The number of benzene rings is 3. The molecule has 1 heterocycles. The van der Waals surface area contributed by atoms with Crippen molar-refractivity contribution in [2.24, 2.45) is 10.7 Å². The molecule has 4 nitrogen and oxygen atoms in total. The normalized spacial score (nSPS) is 18.2. The molecule has 1 atom stereocenters. The zero-order valence-corrected chi connectivity index (χ0v) is 16.9. The van der Waals surface area contributed by atoms with Crippen LogP contribution in [0.2, 0.25) is 5.02 Å². The van der Waals surface area contributed by atoms with E-state index in [2.05, 4.69) is 9.73 Å². The van der Waals surface area contributed by atoms with E-state index in [1.165, 1.54) is 6.07 Å². The first-order valence-corrected chi connectivity index (χ1v) is 9.66. The van der Waals surface area contributed by atoms with E-state index in [9.17, 15) is 8.78 Å². The number of aliphatic imine (C=N–C) groups is 1. The van der Waals surface area contributed by atoms with Gasteiger partial charge in [0.05, 0.1) is 0 Å². The van der Waals surface area contributed by atoms with E-state index in [1.807, 2.05) is 48.5 Å². The van der Waals surface area contributed by atoms with E-state index in [-0.39, 0.29) is 18.4 Å². The Morgan fingerprint density at radius 2 is 1.73 bits per heavy atom. The molecule has 1 aliphatic heterocycles. The summed E-state index contributed by atoms with van der Waals surface area (Å²) in [7, 11) is 0. The lowest BCUT2D eigenvalue weighted by Gasteiger charge is -2.26. The predicted octanol–water partition coefficient (Wildman–Crippen LogP) is 5.51. The molecule has 0 amide bonds. The topological polar surface area (TPSA) is 56.8 Å². The van der Waals surface area contributed by atoms with Crippen LogP contribution < -0.4 is 10.5 Å². The molecule has 1 aliphatic rings. The molecule has 0 fully saturated rings. The zero-order chi connectivity index (χ0) is 21.3. The summed E-state index contributed by atoms with van der Waals surface area (Å²) in [4.78, 5) is 4.60. The smallest absolute Gasteiger partial charge is 0.387 e. The predicted molar refractivity (Wildman–Crippen MR) is 113 cm³/mol. The van der Waals surface area contributed by atoms with Gasteiger partial charge in [-0.25, -0.2) is 4.99 Å². The molecule has 0 aromatic heterocycles. The number of rotatable bonds is 5. The first kappa shape index (κ1) is 20.2. The molecule has 7 heteroatoms. The Balaban J connectivity index is 1.81. The third-order valence-corrected chi connectivity index (χ3v) is 5.33. The standard InChI is InChI=1S/C23H19ClF2N2O2/c1-14-10-18(8-9-20(14)30-21(25)26)23(13-29-22(27)28-23)17-6-2-4-15(11-17)16-5-3-7-19(24)12-16/h2-12,21H,13H2,1H3,(H2,27,28). The molecular weight excluding hydrogens is 410 g/mol. The fourth-order valence-corrected chi connectivity index (χ4v) is 3.84. The van der Waals surface area contributed by atoms with Crippen LogP contribution in [-0.4, -0.2) is 19.2 Å². The number of amidine groups is 1. The van der Waals surface area contributed by atoms with Crippen LogP contribution in [-0.2, 0) is 10.3 Å². The number of nitrogens with zero attached hydrogens (tertiary/aromatic N) is 1. The maximum Gasteiger partial charge on any atom is 0.387 e. The van der Waals surface area contributed by atoms with Crippen LogP contribution in [0.5, 0.6) is 5.75 Å². The van der Waals surface area contributed by atoms with Gasteiger partial charge in [-0.3, -0.25) is 0 Å². The van der Waals surface area contributed by atoms with E-state index < -0.39 is 12.2 Å². The highest BCUT2D eigenvalue weighted by atomic mass is 35.5. The third-order valence-electron chi connectivity index (χ3n) is 5.10. The average Bonchev–Trinajstić information content (AvgIpc) is 3.12. The van der Waals surface area contributed by atoms with Gasteiger partial charge < -0.3 is 15.2 Å². The maximum absolute atomic E-state index is 12.6. The van der Waals surface area contributed by atoms with E-state index in [0.717, 1.165) is 22.3 Å². The minimum atomic E-state index is -2.89. The Labute approximate surface area is 177 Å². The molecule has 0 saturated carbocycles. The van der Waals surface area contributed by atoms with Crippen molar-refractivity contribution in [1.82, 2.24) is 0 Å². The number of nitrogens with two attached hydrogens (primary N) is 1. The summed E-state index contributed by atoms with van der Waals surface area (Å²) in [6.45, 7) is -0.978. The lowest BCUT2D eigenvalue weighted by molar-refractivity contribution is -0.0503. The van der Waals surface area contributed by atoms with Crippen LogP contribution in [0.25, 0.3) is 11.1 Å². The summed E-state index contributed by atoms with van der Waals surface area (Å²) in [6, 6.07) is 20.5. The molecule has 30 heavy (non-hydrogen) atoms. The second-order valence-electron chi connectivity index (χ2n) is 7.05. The SMILES string of the molecule is Cc1cc(C2(c3cccc(-c4cccc(Cl)c4)c3)COC(N)=N2)ccc1OC(F)F. The van der Waals surface area contributed by atoms with Crippen molar-refractivity contribution in [3.63, 3.8) is 0 Å². The number of ether oxygens (including phenoxy) is 2. The highest BCUT2D eigenvalue weighted by Gasteiger charge is 2.40. The highest BCUT2D eigenvalue weighted by Crippen LogP contribution is 2.40. The van der Waals surface area contributed by atoms with Crippen LogP contribution in [0, 0.1) is 6.92 Å². The van der Waals surface area contributed by atoms with Gasteiger partial charge in [0, 0.05) is 5.02 Å². The van der Waals surface area contributed by atoms with Gasteiger partial charge in [0.15, 0.2) is 5.54 Å². The molecular formula is C23H19ClF2N2O2. The summed E-state index contributed by atoms with van der Waals surface area (Å²) >= 11 is 6.15. The van der Waals surface area contributed by atoms with Crippen molar-refractivity contribution in [3.8, 4) is 16.9 Å². The number of hydrogen-bond acceptors (Lipinski definition) is 4. The van der Waals surface area contributed by atoms with Crippen LogP contribution in [0.1, 0.15) is 16.7 Å². The molecule has 154 valence electrons. The summed E-state index contributed by atoms with van der Waals surface area (Å²) in [5.74, 6) is 0.118. The molecule has 0 spiro atoms. The largest absolute Gasteiger partial charge is 0.462 e. The number of aryl methyl sites for hydroxylation is 1. The van der Waals surface area contributed by atoms with Crippen LogP contribution >= 0.6 is 11.6 Å². The summed E-state index contributed by atoms with van der Waals surface area (Å²) < 4.78 is 35.4. The lowest BCUT2D eigenvalue weighted by Crippen LogP contribution is -2.27. The first-order valence-electron chi connectivity index (χ1n) is 9.28. The van der Waals surface area contributed by atoms with Crippen LogP contribution in [0.3, 0.4) is 0 Å². The molecule has 1 unspecified atom stereocenters. The lowest BCUT2D eigenvalue weighted by atomic mass is 9.82. The number of alkyl halides is 2. The minimum Gasteiger partial charge on any atom is -0.462 e. The Morgan fingerprint density at radius 3 is 2.37 bits per heavy atom. The van der Waals surface area contributed by atoms with E-state index in [1.54, 1.807) is 19.1 Å². The van der Waals surface area contributed by atoms with Crippen molar-refractivity contribution in [2.45, 2.75) is 19.1 Å². The van der Waals surface area contributed by atoms with Crippen molar-refractivity contribution >= 4 is 17.6 Å². The third kappa shape index (κ3) is 3.83. The van der Waals surface area contributed by atoms with Crippen LogP contribution in [0.4, 0.5) is 8.78 Å². The number of halogens is 3. The maximum atomic E-state index is 12.6. The molecule has 3 aromatic rings. The van der Waals surface area contributed by atoms with Crippen molar-refractivity contribution in [3.05, 3.63) is 88.4 Å². The molecule has 0 radical (unpaired) electrons. The van der Waals surface area contributed by atoms with Gasteiger partial charge in [0.25, 0.3) is 6.02 Å². The monoisotopic (exact) mass is 428 g/mol. The van der Waals surface area contributed by atoms with Gasteiger partial charge >= 0.3 is 6.61 Å². The summed E-state index contributed by atoms with van der Waals surface area (Å²) in [5, 5.41) is 0.643. The molecule has 4 rings (SSSR count). The van der Waals surface area contributed by atoms with Gasteiger partial charge in [0.2, 0.25) is 0 Å². The summed E-state index contributed by atoms with van der Waals surface area (Å²) in [5.41, 5.74) is 9.11. The van der Waals surface area contributed by atoms with Crippen molar-refractivity contribution in [2.75, 3.05) is 6.61 Å². The Kier molecular flexibility index (Phi) is 5.35. The fraction of sp³-hybridized carbons (Fsp3) is 0.174. The quantitative estimate of drug-likeness (QED) is 0.583. The Hall–Kier alpha value is -3.12. The number of hydrogen-bond donors (Lipinski definition) is 1. The first-order chi connectivity index (χ1) is 14.4. The van der Waals surface area contributed by atoms with Gasteiger partial charge in [-0.05, 0) is 65.1 Å². The van der Waals surface area contributed by atoms with Crippen molar-refractivity contribution in [1.29, 1.82) is 0 Å². The van der Waals surface area contributed by atoms with Gasteiger partial charge in [-0.1, -0.05) is 48.0 Å². The van der Waals surface area contributed by atoms with Gasteiger partial charge in [-0.15, -0.1) is 0 Å². The fourth-order valence-electron chi connectivity index (χ4n) is 3.65. The molecule has 0 saturated heterocycles. The second kappa shape index (κ2) is 7.95. The Bertz CT molecular complexity index is 1120. The molecule has 0 bridgehead atoms.